The fourth-order valence-corrected chi connectivity index (χ4v) is 2.53. The van der Waals surface area contributed by atoms with Crippen LogP contribution >= 0.6 is 15.9 Å². The summed E-state index contributed by atoms with van der Waals surface area (Å²) in [5.41, 5.74) is 0.459. The number of benzene rings is 1. The van der Waals surface area contributed by atoms with Crippen molar-refractivity contribution in [2.45, 2.75) is 32.2 Å². The molecule has 0 radical (unpaired) electrons. The van der Waals surface area contributed by atoms with Gasteiger partial charge in [0.25, 0.3) is 5.91 Å². The van der Waals surface area contributed by atoms with Gasteiger partial charge in [-0.25, -0.2) is 0 Å². The predicted molar refractivity (Wildman–Crippen MR) is 70.2 cm³/mol. The first kappa shape index (κ1) is 12.4. The maximum absolute atomic E-state index is 12.3. The Balaban J connectivity index is 2.28. The Bertz CT molecular complexity index is 457. The van der Waals surface area contributed by atoms with Crippen LogP contribution in [0.4, 0.5) is 0 Å². The van der Waals surface area contributed by atoms with Gasteiger partial charge in [-0.1, -0.05) is 0 Å². The molecule has 17 heavy (non-hydrogen) atoms. The molecular formula is C13H16BrNO2. The highest BCUT2D eigenvalue weighted by Crippen LogP contribution is 2.31. The van der Waals surface area contributed by atoms with Gasteiger partial charge in [0, 0.05) is 17.6 Å². The van der Waals surface area contributed by atoms with Crippen molar-refractivity contribution in [2.24, 2.45) is 0 Å². The Hall–Kier alpha value is -1.03. The minimum absolute atomic E-state index is 0.00435. The number of phenolic OH excluding ortho intramolecular Hbond substituents is 1. The van der Waals surface area contributed by atoms with Gasteiger partial charge in [-0.2, -0.15) is 0 Å². The Kier molecular flexibility index (Phi) is 3.17. The summed E-state index contributed by atoms with van der Waals surface area (Å²) in [5.74, 6) is 0.100. The van der Waals surface area contributed by atoms with E-state index in [9.17, 15) is 9.90 Å². The molecule has 2 rings (SSSR count). The quantitative estimate of drug-likeness (QED) is 0.865. The van der Waals surface area contributed by atoms with Crippen LogP contribution in [0, 0.1) is 0 Å². The average molecular weight is 298 g/mol. The van der Waals surface area contributed by atoms with Crippen LogP contribution in [0.25, 0.3) is 0 Å². The summed E-state index contributed by atoms with van der Waals surface area (Å²) < 4.78 is 0.606. The van der Waals surface area contributed by atoms with Crippen LogP contribution in [0.3, 0.4) is 0 Å². The number of rotatable bonds is 1. The number of hydrogen-bond acceptors (Lipinski definition) is 2. The molecule has 1 aromatic carbocycles. The van der Waals surface area contributed by atoms with Crippen molar-refractivity contribution in [3.63, 3.8) is 0 Å². The van der Waals surface area contributed by atoms with Gasteiger partial charge in [-0.05, 0) is 60.8 Å². The van der Waals surface area contributed by atoms with E-state index in [0.29, 0.717) is 10.0 Å². The van der Waals surface area contributed by atoms with Gasteiger partial charge in [0.1, 0.15) is 5.75 Å². The van der Waals surface area contributed by atoms with Crippen molar-refractivity contribution < 1.29 is 9.90 Å². The third-order valence-corrected chi connectivity index (χ3v) is 4.01. The lowest BCUT2D eigenvalue weighted by molar-refractivity contribution is 0.0651. The van der Waals surface area contributed by atoms with Crippen LogP contribution in [0.5, 0.6) is 5.75 Å². The van der Waals surface area contributed by atoms with Crippen LogP contribution in [-0.2, 0) is 0 Å². The van der Waals surface area contributed by atoms with E-state index >= 15 is 0 Å². The number of carbonyl (C=O) groups excluding carboxylic acids is 1. The lowest BCUT2D eigenvalue weighted by atomic mass is 10.0. The number of hydrogen-bond donors (Lipinski definition) is 1. The highest BCUT2D eigenvalue weighted by molar-refractivity contribution is 9.10. The highest BCUT2D eigenvalue weighted by Gasteiger charge is 2.35. The molecule has 0 saturated carbocycles. The first-order valence-electron chi connectivity index (χ1n) is 5.72. The minimum Gasteiger partial charge on any atom is -0.507 e. The van der Waals surface area contributed by atoms with Crippen molar-refractivity contribution >= 4 is 21.8 Å². The van der Waals surface area contributed by atoms with E-state index in [-0.39, 0.29) is 17.2 Å². The molecular weight excluding hydrogens is 282 g/mol. The number of carbonyl (C=O) groups is 1. The van der Waals surface area contributed by atoms with Crippen LogP contribution < -0.4 is 0 Å². The van der Waals surface area contributed by atoms with E-state index in [1.807, 2.05) is 4.90 Å². The fourth-order valence-electron chi connectivity index (χ4n) is 2.29. The maximum Gasteiger partial charge on any atom is 0.254 e. The molecule has 0 aliphatic carbocycles. The maximum atomic E-state index is 12.3. The molecule has 1 aromatic rings. The number of amides is 1. The van der Waals surface area contributed by atoms with Crippen molar-refractivity contribution in [1.82, 2.24) is 4.90 Å². The number of nitrogens with zero attached hydrogens (tertiary/aromatic N) is 1. The monoisotopic (exact) mass is 297 g/mol. The Morgan fingerprint density at radius 1 is 1.47 bits per heavy atom. The first-order chi connectivity index (χ1) is 7.92. The first-order valence-corrected chi connectivity index (χ1v) is 6.51. The van der Waals surface area contributed by atoms with E-state index in [0.717, 1.165) is 19.4 Å². The predicted octanol–water partition coefficient (Wildman–Crippen LogP) is 3.17. The van der Waals surface area contributed by atoms with Crippen molar-refractivity contribution in [2.75, 3.05) is 6.54 Å². The van der Waals surface area contributed by atoms with Gasteiger partial charge in [-0.3, -0.25) is 4.79 Å². The highest BCUT2D eigenvalue weighted by atomic mass is 79.9. The molecule has 1 aliphatic heterocycles. The molecule has 92 valence electrons. The molecule has 1 fully saturated rings. The molecule has 0 bridgehead atoms. The number of likely N-dealkylation sites (tertiary alicyclic amines) is 1. The molecule has 0 aromatic heterocycles. The van der Waals surface area contributed by atoms with Crippen LogP contribution in [0.15, 0.2) is 22.7 Å². The molecule has 1 N–H and O–H groups in total. The van der Waals surface area contributed by atoms with Gasteiger partial charge >= 0.3 is 0 Å². The average Bonchev–Trinajstić information content (AvgIpc) is 2.61. The molecule has 0 unspecified atom stereocenters. The van der Waals surface area contributed by atoms with Gasteiger partial charge in [0.2, 0.25) is 0 Å². The summed E-state index contributed by atoms with van der Waals surface area (Å²) in [6.07, 6.45) is 2.07. The van der Waals surface area contributed by atoms with Gasteiger partial charge in [0.15, 0.2) is 0 Å². The molecule has 0 atom stereocenters. The fraction of sp³-hybridized carbons (Fsp3) is 0.462. The summed E-state index contributed by atoms with van der Waals surface area (Å²) in [6, 6.07) is 4.95. The Morgan fingerprint density at radius 2 is 2.18 bits per heavy atom. The van der Waals surface area contributed by atoms with E-state index in [1.165, 1.54) is 6.07 Å². The van der Waals surface area contributed by atoms with E-state index in [2.05, 4.69) is 29.8 Å². The second-order valence-corrected chi connectivity index (χ2v) is 5.89. The van der Waals surface area contributed by atoms with E-state index < -0.39 is 0 Å². The normalized spacial score (nSPS) is 18.4. The second-order valence-electron chi connectivity index (χ2n) is 5.04. The molecule has 1 amide bonds. The summed E-state index contributed by atoms with van der Waals surface area (Å²) >= 11 is 3.21. The Labute approximate surface area is 110 Å². The van der Waals surface area contributed by atoms with Gasteiger partial charge in [0.05, 0.1) is 4.47 Å². The largest absolute Gasteiger partial charge is 0.507 e. The topological polar surface area (TPSA) is 40.5 Å². The second kappa shape index (κ2) is 4.33. The van der Waals surface area contributed by atoms with E-state index in [1.54, 1.807) is 12.1 Å². The molecule has 4 heteroatoms. The lowest BCUT2D eigenvalue weighted by Crippen LogP contribution is -2.42. The van der Waals surface area contributed by atoms with Crippen LogP contribution in [0.2, 0.25) is 0 Å². The summed E-state index contributed by atoms with van der Waals surface area (Å²) in [4.78, 5) is 14.2. The summed E-state index contributed by atoms with van der Waals surface area (Å²) in [6.45, 7) is 4.95. The zero-order chi connectivity index (χ0) is 12.6. The zero-order valence-electron chi connectivity index (χ0n) is 10.0. The summed E-state index contributed by atoms with van der Waals surface area (Å²) in [5, 5.41) is 9.60. The van der Waals surface area contributed by atoms with Crippen molar-refractivity contribution in [3.05, 3.63) is 28.2 Å². The number of halogens is 1. The standard InChI is InChI=1S/C13H16BrNO2/c1-13(2)6-3-7-15(13)12(17)9-4-5-10(14)11(16)8-9/h4-5,8,16H,3,6-7H2,1-2H3. The van der Waals surface area contributed by atoms with E-state index in [4.69, 9.17) is 0 Å². The third kappa shape index (κ3) is 2.32. The third-order valence-electron chi connectivity index (χ3n) is 3.34. The number of phenols is 1. The number of aromatic hydroxyl groups is 1. The molecule has 3 nitrogen and oxygen atoms in total. The van der Waals surface area contributed by atoms with Crippen molar-refractivity contribution in [1.29, 1.82) is 0 Å². The smallest absolute Gasteiger partial charge is 0.254 e. The lowest BCUT2D eigenvalue weighted by Gasteiger charge is -2.31. The minimum atomic E-state index is -0.0836. The molecule has 1 aliphatic rings. The molecule has 0 spiro atoms. The summed E-state index contributed by atoms with van der Waals surface area (Å²) in [7, 11) is 0. The molecule has 1 heterocycles. The zero-order valence-corrected chi connectivity index (χ0v) is 11.6. The van der Waals surface area contributed by atoms with Crippen LogP contribution in [-0.4, -0.2) is 28.0 Å². The SMILES string of the molecule is CC1(C)CCCN1C(=O)c1ccc(Br)c(O)c1. The van der Waals surface area contributed by atoms with Gasteiger partial charge in [-0.15, -0.1) is 0 Å². The Morgan fingerprint density at radius 3 is 2.71 bits per heavy atom. The molecule has 1 saturated heterocycles. The van der Waals surface area contributed by atoms with Gasteiger partial charge < -0.3 is 10.0 Å². The van der Waals surface area contributed by atoms with Crippen LogP contribution in [0.1, 0.15) is 37.0 Å². The van der Waals surface area contributed by atoms with Crippen molar-refractivity contribution in [3.8, 4) is 5.75 Å².